The first kappa shape index (κ1) is 26.2. The molecule has 0 aromatic heterocycles. The van der Waals surface area contributed by atoms with Crippen molar-refractivity contribution >= 4 is 21.4 Å². The van der Waals surface area contributed by atoms with Gasteiger partial charge in [-0.2, -0.15) is 0 Å². The largest absolute Gasteiger partial charge is 0.573 e. The summed E-state index contributed by atoms with van der Waals surface area (Å²) in [5.74, 6) is -1.51. The highest BCUT2D eigenvalue weighted by molar-refractivity contribution is 7.89. The Morgan fingerprint density at radius 2 is 1.50 bits per heavy atom. The Hall–Kier alpha value is -3.42. The fourth-order valence-corrected chi connectivity index (χ4v) is 6.08. The number of hydrogen-bond donors (Lipinski definition) is 2. The minimum atomic E-state index is -4.92. The molecule has 2 N–H and O–H groups in total. The van der Waals surface area contributed by atoms with Crippen LogP contribution in [0.5, 0.6) is 17.2 Å². The molecule has 1 heterocycles. The van der Waals surface area contributed by atoms with Crippen LogP contribution in [0.3, 0.4) is 0 Å². The number of alkyl halides is 3. The van der Waals surface area contributed by atoms with Gasteiger partial charge in [0.2, 0.25) is 10.0 Å². The smallest absolute Gasteiger partial charge is 0.453 e. The number of rotatable bonds is 5. The maximum atomic E-state index is 13.9. The second-order valence-electron chi connectivity index (χ2n) is 8.93. The first-order valence-electron chi connectivity index (χ1n) is 11.5. The normalized spacial score (nSPS) is 21.3. The predicted octanol–water partition coefficient (Wildman–Crippen LogP) is 5.37. The van der Waals surface area contributed by atoms with Gasteiger partial charge in [0.25, 0.3) is 0 Å². The molecule has 0 saturated heterocycles. The van der Waals surface area contributed by atoms with Crippen LogP contribution in [0.15, 0.2) is 65.6 Å². The third-order valence-electron chi connectivity index (χ3n) is 6.41. The van der Waals surface area contributed by atoms with Gasteiger partial charge in [0, 0.05) is 12.1 Å². The fraction of sp³-hybridized carbons (Fsp3) is 0.280. The summed E-state index contributed by atoms with van der Waals surface area (Å²) in [7, 11) is -4.23. The molecule has 1 fully saturated rings. The third-order valence-corrected chi connectivity index (χ3v) is 7.92. The van der Waals surface area contributed by atoms with Crippen LogP contribution in [-0.4, -0.2) is 38.1 Å². The number of ether oxygens (including phenoxy) is 2. The Labute approximate surface area is 214 Å². The minimum Gasteiger partial charge on any atom is -0.453 e. The Morgan fingerprint density at radius 1 is 0.921 bits per heavy atom. The van der Waals surface area contributed by atoms with Crippen LogP contribution in [0, 0.1) is 11.6 Å². The summed E-state index contributed by atoms with van der Waals surface area (Å²) >= 11 is 0. The van der Waals surface area contributed by atoms with E-state index in [9.17, 15) is 35.5 Å². The van der Waals surface area contributed by atoms with Crippen LogP contribution < -0.4 is 19.1 Å². The number of nitrogens with one attached hydrogen (secondary N) is 1. The van der Waals surface area contributed by atoms with E-state index in [-0.39, 0.29) is 22.8 Å². The van der Waals surface area contributed by atoms with Crippen LogP contribution in [-0.2, 0) is 10.0 Å². The van der Waals surface area contributed by atoms with Crippen molar-refractivity contribution in [3.8, 4) is 17.2 Å². The van der Waals surface area contributed by atoms with Crippen LogP contribution >= 0.6 is 0 Å². The highest BCUT2D eigenvalue weighted by atomic mass is 32.2. The number of anilines is 2. The van der Waals surface area contributed by atoms with Gasteiger partial charge in [0.1, 0.15) is 17.4 Å². The average Bonchev–Trinajstić information content (AvgIpc) is 2.83. The predicted molar refractivity (Wildman–Crippen MR) is 126 cm³/mol. The lowest BCUT2D eigenvalue weighted by Gasteiger charge is -2.44. The molecule has 13 heteroatoms. The third kappa shape index (κ3) is 5.26. The molecule has 3 unspecified atom stereocenters. The van der Waals surface area contributed by atoms with E-state index in [0.717, 1.165) is 36.4 Å². The molecule has 1 aliphatic carbocycles. The topological polar surface area (TPSA) is 88.1 Å². The lowest BCUT2D eigenvalue weighted by molar-refractivity contribution is -0.274. The van der Waals surface area contributed by atoms with Crippen LogP contribution in [0.25, 0.3) is 0 Å². The van der Waals surface area contributed by atoms with Crippen molar-refractivity contribution in [2.45, 2.75) is 48.7 Å². The maximum Gasteiger partial charge on any atom is 0.573 e. The second kappa shape index (κ2) is 9.71. The molecule has 202 valence electrons. The monoisotopic (exact) mass is 556 g/mol. The zero-order chi connectivity index (χ0) is 27.2. The lowest BCUT2D eigenvalue weighted by atomic mass is 9.86. The van der Waals surface area contributed by atoms with Gasteiger partial charge in [-0.25, -0.2) is 21.9 Å². The van der Waals surface area contributed by atoms with E-state index in [0.29, 0.717) is 24.2 Å². The summed E-state index contributed by atoms with van der Waals surface area (Å²) in [6.07, 6.45) is -4.98. The molecular formula is C25H21F5N2O5S. The molecule has 1 saturated carbocycles. The molecule has 3 aromatic carbocycles. The van der Waals surface area contributed by atoms with Gasteiger partial charge >= 0.3 is 6.36 Å². The quantitative estimate of drug-likeness (QED) is 0.411. The van der Waals surface area contributed by atoms with Crippen molar-refractivity contribution in [2.75, 3.05) is 4.90 Å². The van der Waals surface area contributed by atoms with Crippen LogP contribution in [0.1, 0.15) is 19.3 Å². The zero-order valence-electron chi connectivity index (χ0n) is 19.5. The van der Waals surface area contributed by atoms with Gasteiger partial charge < -0.3 is 19.5 Å². The summed E-state index contributed by atoms with van der Waals surface area (Å²) in [6, 6.07) is 9.65. The van der Waals surface area contributed by atoms with Gasteiger partial charge in [0.15, 0.2) is 11.5 Å². The first-order chi connectivity index (χ1) is 17.9. The molecule has 0 bridgehead atoms. The van der Waals surface area contributed by atoms with Gasteiger partial charge in [-0.3, -0.25) is 0 Å². The van der Waals surface area contributed by atoms with Gasteiger partial charge in [0.05, 0.1) is 34.5 Å². The summed E-state index contributed by atoms with van der Waals surface area (Å²) in [5.41, 5.74) is 0.830. The summed E-state index contributed by atoms with van der Waals surface area (Å²) in [5, 5.41) is 11.3. The van der Waals surface area contributed by atoms with E-state index in [1.54, 1.807) is 4.90 Å². The summed E-state index contributed by atoms with van der Waals surface area (Å²) in [4.78, 5) is 1.37. The van der Waals surface area contributed by atoms with Crippen molar-refractivity contribution in [1.82, 2.24) is 4.72 Å². The number of benzene rings is 3. The maximum absolute atomic E-state index is 13.9. The SMILES string of the molecule is O=S(=O)(NC1CCCC(N2c3ccc(F)cc3Oc3cc(F)ccc32)C1O)c1ccc(OC(F)(F)F)cc1. The molecule has 7 nitrogen and oxygen atoms in total. The number of fused-ring (bicyclic) bond motifs is 2. The number of aliphatic hydroxyl groups is 1. The van der Waals surface area contributed by atoms with Gasteiger partial charge in [-0.1, -0.05) is 0 Å². The minimum absolute atomic E-state index is 0.110. The number of sulfonamides is 1. The van der Waals surface area contributed by atoms with Crippen molar-refractivity contribution < 1.29 is 45.0 Å². The van der Waals surface area contributed by atoms with E-state index in [1.165, 1.54) is 24.3 Å². The number of hydrogen-bond acceptors (Lipinski definition) is 6. The van der Waals surface area contributed by atoms with Crippen molar-refractivity contribution in [2.24, 2.45) is 0 Å². The Bertz CT molecular complexity index is 1400. The van der Waals surface area contributed by atoms with Crippen molar-refractivity contribution in [3.05, 3.63) is 72.3 Å². The molecule has 2 aliphatic rings. The van der Waals surface area contributed by atoms with Crippen molar-refractivity contribution in [1.29, 1.82) is 0 Å². The van der Waals surface area contributed by atoms with E-state index >= 15 is 0 Å². The Morgan fingerprint density at radius 3 is 2.05 bits per heavy atom. The molecule has 5 rings (SSSR count). The van der Waals surface area contributed by atoms with E-state index in [1.807, 2.05) is 0 Å². The van der Waals surface area contributed by atoms with E-state index in [2.05, 4.69) is 9.46 Å². The standard InChI is InChI=1S/C25H21F5N2O5S/c26-14-4-10-19-22(12-14)36-23-13-15(27)5-11-20(23)32(19)21-3-1-2-18(24(21)33)31-38(34,35)17-8-6-16(7-9-17)37-25(28,29)30/h4-13,18,21,24,31,33H,1-3H2. The van der Waals surface area contributed by atoms with E-state index in [4.69, 9.17) is 4.74 Å². The molecule has 1 aliphatic heterocycles. The zero-order valence-corrected chi connectivity index (χ0v) is 20.3. The molecule has 3 aromatic rings. The molecule has 0 spiro atoms. The number of aliphatic hydroxyl groups excluding tert-OH is 1. The van der Waals surface area contributed by atoms with E-state index < -0.39 is 52.0 Å². The van der Waals surface area contributed by atoms with Crippen molar-refractivity contribution in [3.63, 3.8) is 0 Å². The van der Waals surface area contributed by atoms with Crippen LogP contribution in [0.4, 0.5) is 33.3 Å². The fourth-order valence-electron chi connectivity index (χ4n) is 4.80. The number of halogens is 5. The second-order valence-corrected chi connectivity index (χ2v) is 10.6. The molecule has 38 heavy (non-hydrogen) atoms. The van der Waals surface area contributed by atoms with Gasteiger partial charge in [-0.15, -0.1) is 13.2 Å². The number of nitrogens with zero attached hydrogens (tertiary/aromatic N) is 1. The lowest BCUT2D eigenvalue weighted by Crippen LogP contribution is -2.56. The molecular weight excluding hydrogens is 535 g/mol. The van der Waals surface area contributed by atoms with Crippen LogP contribution in [0.2, 0.25) is 0 Å². The summed E-state index contributed by atoms with van der Waals surface area (Å²) in [6.45, 7) is 0. The molecule has 0 radical (unpaired) electrons. The Balaban J connectivity index is 1.42. The first-order valence-corrected chi connectivity index (χ1v) is 13.0. The molecule has 3 atom stereocenters. The molecule has 0 amide bonds. The Kier molecular flexibility index (Phi) is 6.70. The highest BCUT2D eigenvalue weighted by Crippen LogP contribution is 2.49. The highest BCUT2D eigenvalue weighted by Gasteiger charge is 2.41. The van der Waals surface area contributed by atoms with Gasteiger partial charge in [-0.05, 0) is 67.8 Å². The average molecular weight is 557 g/mol. The summed E-state index contributed by atoms with van der Waals surface area (Å²) < 4.78 is 103.